The van der Waals surface area contributed by atoms with Crippen molar-refractivity contribution in [3.63, 3.8) is 0 Å². The number of nitrogens with zero attached hydrogens (tertiary/aromatic N) is 1. The maximum Gasteiger partial charge on any atom is 0.322 e. The van der Waals surface area contributed by atoms with Gasteiger partial charge in [0.2, 0.25) is 0 Å². The zero-order chi connectivity index (χ0) is 16.5. The lowest BCUT2D eigenvalue weighted by molar-refractivity contribution is 0.244. The van der Waals surface area contributed by atoms with Gasteiger partial charge >= 0.3 is 6.03 Å². The van der Waals surface area contributed by atoms with Crippen LogP contribution in [0.3, 0.4) is 0 Å². The van der Waals surface area contributed by atoms with Gasteiger partial charge in [-0.1, -0.05) is 36.4 Å². The van der Waals surface area contributed by atoms with Crippen molar-refractivity contribution in [2.75, 3.05) is 11.4 Å². The average Bonchev–Trinajstić information content (AvgIpc) is 3.05. The topological polar surface area (TPSA) is 32.3 Å². The molecule has 0 aromatic heterocycles. The predicted molar refractivity (Wildman–Crippen MR) is 97.5 cm³/mol. The average molecular weight is 320 g/mol. The van der Waals surface area contributed by atoms with Gasteiger partial charge in [0.05, 0.1) is 6.04 Å². The van der Waals surface area contributed by atoms with Crippen LogP contribution in [0.5, 0.6) is 0 Å². The summed E-state index contributed by atoms with van der Waals surface area (Å²) in [6.45, 7) is 2.84. The van der Waals surface area contributed by atoms with Crippen molar-refractivity contribution < 1.29 is 4.79 Å². The van der Waals surface area contributed by atoms with E-state index in [-0.39, 0.29) is 12.1 Å². The zero-order valence-electron chi connectivity index (χ0n) is 14.2. The van der Waals surface area contributed by atoms with Gasteiger partial charge in [-0.05, 0) is 67.3 Å². The van der Waals surface area contributed by atoms with E-state index in [9.17, 15) is 4.79 Å². The molecule has 1 aliphatic carbocycles. The third kappa shape index (κ3) is 2.79. The van der Waals surface area contributed by atoms with Crippen LogP contribution in [-0.2, 0) is 19.3 Å². The molecule has 1 N–H and O–H groups in total. The third-order valence-corrected chi connectivity index (χ3v) is 5.34. The largest absolute Gasteiger partial charge is 0.331 e. The Morgan fingerprint density at radius 1 is 1.00 bits per heavy atom. The lowest BCUT2D eigenvalue weighted by Crippen LogP contribution is -2.40. The molecule has 3 nitrogen and oxygen atoms in total. The van der Waals surface area contributed by atoms with E-state index in [4.69, 9.17) is 0 Å². The van der Waals surface area contributed by atoms with Crippen LogP contribution in [0.15, 0.2) is 42.5 Å². The van der Waals surface area contributed by atoms with Crippen LogP contribution in [0.25, 0.3) is 0 Å². The fourth-order valence-electron chi connectivity index (χ4n) is 3.92. The van der Waals surface area contributed by atoms with Crippen molar-refractivity contribution >= 4 is 11.7 Å². The molecule has 1 atom stereocenters. The number of carbonyl (C=O) groups is 1. The molecular formula is C21H24N2O. The second-order valence-corrected chi connectivity index (χ2v) is 6.94. The molecular weight excluding hydrogens is 296 g/mol. The SMILES string of the molecule is CC(NC(=O)N1CCc2ccccc21)c1ccc2c(c1)CCCC2. The number of benzene rings is 2. The van der Waals surface area contributed by atoms with Gasteiger partial charge < -0.3 is 5.32 Å². The number of carbonyl (C=O) groups excluding carboxylic acids is 1. The highest BCUT2D eigenvalue weighted by Gasteiger charge is 2.25. The van der Waals surface area contributed by atoms with Crippen LogP contribution in [-0.4, -0.2) is 12.6 Å². The first kappa shape index (κ1) is 15.3. The minimum Gasteiger partial charge on any atom is -0.331 e. The Morgan fingerprint density at radius 3 is 2.67 bits per heavy atom. The zero-order valence-corrected chi connectivity index (χ0v) is 14.2. The highest BCUT2D eigenvalue weighted by atomic mass is 16.2. The normalized spacial score (nSPS) is 17.1. The van der Waals surface area contributed by atoms with E-state index in [1.165, 1.54) is 47.9 Å². The van der Waals surface area contributed by atoms with Crippen LogP contribution in [0.1, 0.15) is 48.1 Å². The maximum absolute atomic E-state index is 12.7. The third-order valence-electron chi connectivity index (χ3n) is 5.34. The first-order valence-corrected chi connectivity index (χ1v) is 9.00. The summed E-state index contributed by atoms with van der Waals surface area (Å²) in [5.74, 6) is 0. The highest BCUT2D eigenvalue weighted by Crippen LogP contribution is 2.28. The molecule has 1 unspecified atom stereocenters. The first-order chi connectivity index (χ1) is 11.7. The van der Waals surface area contributed by atoms with Gasteiger partial charge in [0.1, 0.15) is 0 Å². The van der Waals surface area contributed by atoms with Gasteiger partial charge in [-0.15, -0.1) is 0 Å². The smallest absolute Gasteiger partial charge is 0.322 e. The number of anilines is 1. The number of hydrogen-bond acceptors (Lipinski definition) is 1. The monoisotopic (exact) mass is 320 g/mol. The van der Waals surface area contributed by atoms with Crippen molar-refractivity contribution in [2.45, 2.75) is 45.1 Å². The Morgan fingerprint density at radius 2 is 1.79 bits per heavy atom. The number of fused-ring (bicyclic) bond motifs is 2. The van der Waals surface area contributed by atoms with Gasteiger partial charge in [-0.2, -0.15) is 0 Å². The number of urea groups is 1. The van der Waals surface area contributed by atoms with Crippen LogP contribution >= 0.6 is 0 Å². The minimum absolute atomic E-state index is 0.00479. The fraction of sp³-hybridized carbons (Fsp3) is 0.381. The predicted octanol–water partition coefficient (Wildman–Crippen LogP) is 4.40. The van der Waals surface area contributed by atoms with E-state index in [1.54, 1.807) is 0 Å². The number of hydrogen-bond donors (Lipinski definition) is 1. The van der Waals surface area contributed by atoms with E-state index in [2.05, 4.69) is 36.5 Å². The summed E-state index contributed by atoms with van der Waals surface area (Å²) in [6, 6.07) is 14.9. The van der Waals surface area contributed by atoms with E-state index in [0.717, 1.165) is 18.7 Å². The molecule has 124 valence electrons. The summed E-state index contributed by atoms with van der Waals surface area (Å²) < 4.78 is 0. The molecule has 24 heavy (non-hydrogen) atoms. The molecule has 1 heterocycles. The second kappa shape index (κ2) is 6.31. The van der Waals surface area contributed by atoms with Gasteiger partial charge in [-0.25, -0.2) is 4.79 Å². The number of para-hydroxylation sites is 1. The standard InChI is InChI=1S/C21H24N2O/c1-15(18-11-10-16-6-2-3-8-19(16)14-18)22-21(24)23-13-12-17-7-4-5-9-20(17)23/h4-5,7,9-11,14-15H,2-3,6,8,12-13H2,1H3,(H,22,24). The molecule has 2 aromatic rings. The summed E-state index contributed by atoms with van der Waals surface area (Å²) >= 11 is 0. The molecule has 2 aromatic carbocycles. The highest BCUT2D eigenvalue weighted by molar-refractivity contribution is 5.94. The van der Waals surface area contributed by atoms with Gasteiger partial charge in [-0.3, -0.25) is 4.90 Å². The Kier molecular flexibility index (Phi) is 4.01. The summed E-state index contributed by atoms with van der Waals surface area (Å²) in [5, 5.41) is 3.17. The molecule has 0 saturated carbocycles. The lowest BCUT2D eigenvalue weighted by atomic mass is 9.89. The summed E-state index contributed by atoms with van der Waals surface area (Å²) in [6.07, 6.45) is 5.88. The molecule has 3 heteroatoms. The Balaban J connectivity index is 1.48. The van der Waals surface area contributed by atoms with Crippen molar-refractivity contribution in [3.8, 4) is 0 Å². The molecule has 1 aliphatic heterocycles. The van der Waals surface area contributed by atoms with Crippen molar-refractivity contribution in [3.05, 3.63) is 64.7 Å². The van der Waals surface area contributed by atoms with Crippen molar-refractivity contribution in [2.24, 2.45) is 0 Å². The molecule has 0 saturated heterocycles. The Bertz CT molecular complexity index is 768. The maximum atomic E-state index is 12.7. The lowest BCUT2D eigenvalue weighted by Gasteiger charge is -2.23. The molecule has 0 spiro atoms. The Hall–Kier alpha value is -2.29. The van der Waals surface area contributed by atoms with Crippen molar-refractivity contribution in [1.82, 2.24) is 5.32 Å². The molecule has 0 fully saturated rings. The van der Waals surface area contributed by atoms with Gasteiger partial charge in [0.15, 0.2) is 0 Å². The summed E-state index contributed by atoms with van der Waals surface area (Å²) in [7, 11) is 0. The van der Waals surface area contributed by atoms with E-state index in [1.807, 2.05) is 23.1 Å². The summed E-state index contributed by atoms with van der Waals surface area (Å²) in [4.78, 5) is 14.6. The number of aryl methyl sites for hydroxylation is 2. The van der Waals surface area contributed by atoms with Crippen LogP contribution in [0.2, 0.25) is 0 Å². The quantitative estimate of drug-likeness (QED) is 0.874. The molecule has 2 amide bonds. The molecule has 0 radical (unpaired) electrons. The number of amides is 2. The molecule has 2 aliphatic rings. The Labute approximate surface area is 143 Å². The van der Waals surface area contributed by atoms with Crippen LogP contribution < -0.4 is 10.2 Å². The molecule has 0 bridgehead atoms. The summed E-state index contributed by atoms with van der Waals surface area (Å²) in [5.41, 5.74) is 6.46. The van der Waals surface area contributed by atoms with Crippen LogP contribution in [0, 0.1) is 0 Å². The van der Waals surface area contributed by atoms with Crippen LogP contribution in [0.4, 0.5) is 10.5 Å². The fourth-order valence-corrected chi connectivity index (χ4v) is 3.92. The molecule has 4 rings (SSSR count). The second-order valence-electron chi connectivity index (χ2n) is 6.94. The van der Waals surface area contributed by atoms with E-state index in [0.29, 0.717) is 0 Å². The first-order valence-electron chi connectivity index (χ1n) is 9.00. The number of nitrogens with one attached hydrogen (secondary N) is 1. The van der Waals surface area contributed by atoms with Crippen molar-refractivity contribution in [1.29, 1.82) is 0 Å². The minimum atomic E-state index is 0.00479. The van der Waals surface area contributed by atoms with Gasteiger partial charge in [0, 0.05) is 12.2 Å². The van der Waals surface area contributed by atoms with E-state index >= 15 is 0 Å². The van der Waals surface area contributed by atoms with E-state index < -0.39 is 0 Å². The van der Waals surface area contributed by atoms with Gasteiger partial charge in [0.25, 0.3) is 0 Å². The number of rotatable bonds is 2.